The maximum Gasteiger partial charge on any atom is 0.673 e. The molecule has 10 heteroatoms. The van der Waals surface area contributed by atoms with Crippen molar-refractivity contribution in [3.8, 4) is 0 Å². The molecule has 0 atom stereocenters. The van der Waals surface area contributed by atoms with Crippen molar-refractivity contribution in [3.05, 3.63) is 12.4 Å². The zero-order valence-corrected chi connectivity index (χ0v) is 9.60. The summed E-state index contributed by atoms with van der Waals surface area (Å²) in [7, 11) is -6.00. The van der Waals surface area contributed by atoms with Gasteiger partial charge in [0.05, 0.1) is 6.67 Å². The Hall–Kier alpha value is -1.09. The molecule has 1 rings (SSSR count). The van der Waals surface area contributed by atoms with E-state index in [-0.39, 0.29) is 6.67 Å². The van der Waals surface area contributed by atoms with Crippen LogP contribution in [0.25, 0.3) is 0 Å². The summed E-state index contributed by atoms with van der Waals surface area (Å²) in [5.74, 6) is 0. The molecule has 108 valence electrons. The van der Waals surface area contributed by atoms with Crippen LogP contribution in [-0.4, -0.2) is 36.6 Å². The number of alkyl halides is 3. The van der Waals surface area contributed by atoms with Crippen LogP contribution in [0.15, 0.2) is 12.4 Å². The summed E-state index contributed by atoms with van der Waals surface area (Å²) < 4.78 is 75.3. The highest BCUT2D eigenvalue weighted by molar-refractivity contribution is 6.50. The lowest BCUT2D eigenvalue weighted by molar-refractivity contribution is -0.230. The summed E-state index contributed by atoms with van der Waals surface area (Å²) in [5, 5.41) is 0. The van der Waals surface area contributed by atoms with Crippen LogP contribution in [0.5, 0.6) is 0 Å². The standard InChI is InChI=1S/C8H13F3N2.BF4/c1-2-3-4-12-5-6-13(7-12)8(9,10)11;2-1(3,4)5/h5-6H,2-4,7H2,1H3;/q;-1. The molecule has 0 spiro atoms. The van der Waals surface area contributed by atoms with E-state index < -0.39 is 13.6 Å². The van der Waals surface area contributed by atoms with E-state index in [0.29, 0.717) is 11.4 Å². The van der Waals surface area contributed by atoms with E-state index in [1.54, 1.807) is 4.90 Å². The van der Waals surface area contributed by atoms with Crippen molar-refractivity contribution in [2.45, 2.75) is 26.1 Å². The molecular weight excluding hydrogens is 268 g/mol. The molecule has 0 aromatic rings. The van der Waals surface area contributed by atoms with E-state index >= 15 is 0 Å². The minimum atomic E-state index is -6.00. The van der Waals surface area contributed by atoms with Gasteiger partial charge in [-0.25, -0.2) is 0 Å². The molecule has 0 saturated carbocycles. The lowest BCUT2D eigenvalue weighted by Gasteiger charge is -2.22. The Morgan fingerprint density at radius 1 is 1.11 bits per heavy atom. The molecule has 0 aromatic carbocycles. The van der Waals surface area contributed by atoms with Crippen LogP contribution in [0.2, 0.25) is 0 Å². The fourth-order valence-electron chi connectivity index (χ4n) is 1.14. The van der Waals surface area contributed by atoms with Gasteiger partial charge in [-0.3, -0.25) is 4.90 Å². The summed E-state index contributed by atoms with van der Waals surface area (Å²) in [6, 6.07) is 0. The van der Waals surface area contributed by atoms with E-state index in [1.807, 2.05) is 6.92 Å². The quantitative estimate of drug-likeness (QED) is 0.442. The van der Waals surface area contributed by atoms with E-state index in [2.05, 4.69) is 0 Å². The third kappa shape index (κ3) is 9.00. The SMILES string of the molecule is CCCCN1C=CN(C(F)(F)F)C1.F[B-](F)(F)F. The predicted octanol–water partition coefficient (Wildman–Crippen LogP) is 3.65. The first-order valence-electron chi connectivity index (χ1n) is 5.17. The van der Waals surface area contributed by atoms with Crippen molar-refractivity contribution in [1.82, 2.24) is 9.80 Å². The Morgan fingerprint density at radius 2 is 1.61 bits per heavy atom. The molecule has 2 nitrogen and oxygen atoms in total. The Balaban J connectivity index is 0.000000494. The summed E-state index contributed by atoms with van der Waals surface area (Å²) in [6.45, 7) is 2.64. The summed E-state index contributed by atoms with van der Waals surface area (Å²) >= 11 is 0. The highest BCUT2D eigenvalue weighted by atomic mass is 19.5. The highest BCUT2D eigenvalue weighted by Gasteiger charge is 2.37. The Kier molecular flexibility index (Phi) is 6.34. The van der Waals surface area contributed by atoms with E-state index in [0.717, 1.165) is 19.0 Å². The first-order chi connectivity index (χ1) is 8.04. The monoisotopic (exact) mass is 281 g/mol. The van der Waals surface area contributed by atoms with Gasteiger partial charge in [-0.05, 0) is 6.42 Å². The largest absolute Gasteiger partial charge is 0.673 e. The number of nitrogens with zero attached hydrogens (tertiary/aromatic N) is 2. The molecule has 1 heterocycles. The molecule has 0 radical (unpaired) electrons. The average Bonchev–Trinajstić information content (AvgIpc) is 2.59. The predicted molar refractivity (Wildman–Crippen MR) is 53.7 cm³/mol. The van der Waals surface area contributed by atoms with Crippen LogP contribution in [-0.2, 0) is 0 Å². The Labute approximate surface area is 100 Å². The molecule has 0 aromatic heterocycles. The lowest BCUT2D eigenvalue weighted by atomic mass is 10.3. The second-order valence-corrected chi connectivity index (χ2v) is 3.54. The Bertz CT molecular complexity index is 257. The van der Waals surface area contributed by atoms with Gasteiger partial charge in [-0.15, -0.1) is 0 Å². The van der Waals surface area contributed by atoms with E-state index in [9.17, 15) is 30.4 Å². The molecule has 0 amide bonds. The molecule has 0 unspecified atom stereocenters. The number of hydrogen-bond donors (Lipinski definition) is 0. The molecule has 1 aliphatic heterocycles. The topological polar surface area (TPSA) is 6.48 Å². The van der Waals surface area contributed by atoms with Crippen molar-refractivity contribution < 1.29 is 30.4 Å². The molecule has 0 aliphatic carbocycles. The van der Waals surface area contributed by atoms with Crippen LogP contribution in [0.1, 0.15) is 19.8 Å². The van der Waals surface area contributed by atoms with Crippen LogP contribution >= 0.6 is 0 Å². The molecule has 0 N–H and O–H groups in total. The normalized spacial score (nSPS) is 15.8. The van der Waals surface area contributed by atoms with Crippen molar-refractivity contribution >= 4 is 7.25 Å². The van der Waals surface area contributed by atoms with Crippen LogP contribution < -0.4 is 0 Å². The molecule has 0 saturated heterocycles. The van der Waals surface area contributed by atoms with E-state index in [4.69, 9.17) is 0 Å². The molecule has 0 bridgehead atoms. The molecule has 1 aliphatic rings. The van der Waals surface area contributed by atoms with Gasteiger partial charge in [0.25, 0.3) is 0 Å². The summed E-state index contributed by atoms with van der Waals surface area (Å²) in [4.78, 5) is 2.04. The second kappa shape index (κ2) is 6.74. The van der Waals surface area contributed by atoms with Crippen LogP contribution in [0, 0.1) is 0 Å². The third-order valence-electron chi connectivity index (χ3n) is 1.92. The zero-order valence-electron chi connectivity index (χ0n) is 9.60. The van der Waals surface area contributed by atoms with E-state index in [1.165, 1.54) is 6.20 Å². The Morgan fingerprint density at radius 3 is 1.94 bits per heavy atom. The number of unbranched alkanes of at least 4 members (excludes halogenated alkanes) is 1. The van der Waals surface area contributed by atoms with Gasteiger partial charge < -0.3 is 22.2 Å². The molecule has 0 fully saturated rings. The van der Waals surface area contributed by atoms with Gasteiger partial charge in [-0.1, -0.05) is 13.3 Å². The average molecular weight is 281 g/mol. The minimum absolute atomic E-state index is 0.0660. The second-order valence-electron chi connectivity index (χ2n) is 3.54. The zero-order chi connectivity index (χ0) is 14.4. The van der Waals surface area contributed by atoms with Gasteiger partial charge in [0.2, 0.25) is 0 Å². The smallest absolute Gasteiger partial charge is 0.418 e. The van der Waals surface area contributed by atoms with Crippen molar-refractivity contribution in [3.63, 3.8) is 0 Å². The van der Waals surface area contributed by atoms with Gasteiger partial charge in [0.15, 0.2) is 0 Å². The highest BCUT2D eigenvalue weighted by Crippen LogP contribution is 2.24. The molecule has 18 heavy (non-hydrogen) atoms. The minimum Gasteiger partial charge on any atom is -0.418 e. The summed E-state index contributed by atoms with van der Waals surface area (Å²) in [5.41, 5.74) is 0. The van der Waals surface area contributed by atoms with Gasteiger partial charge in [0.1, 0.15) is 0 Å². The number of halogens is 7. The third-order valence-corrected chi connectivity index (χ3v) is 1.92. The fraction of sp³-hybridized carbons (Fsp3) is 0.750. The number of hydrogen-bond acceptors (Lipinski definition) is 2. The molecular formula is C8H13BF7N2-. The van der Waals surface area contributed by atoms with Crippen molar-refractivity contribution in [2.24, 2.45) is 0 Å². The van der Waals surface area contributed by atoms with Crippen molar-refractivity contribution in [1.29, 1.82) is 0 Å². The first kappa shape index (κ1) is 16.9. The summed E-state index contributed by atoms with van der Waals surface area (Å²) in [6.07, 6.45) is 0.253. The number of rotatable bonds is 3. The lowest BCUT2D eigenvalue weighted by Crippen LogP contribution is -2.36. The maximum atomic E-state index is 12.1. The van der Waals surface area contributed by atoms with Gasteiger partial charge in [-0.2, -0.15) is 13.2 Å². The maximum absolute atomic E-state index is 12.1. The van der Waals surface area contributed by atoms with Crippen molar-refractivity contribution in [2.75, 3.05) is 13.2 Å². The van der Waals surface area contributed by atoms with Crippen LogP contribution in [0.3, 0.4) is 0 Å². The van der Waals surface area contributed by atoms with Gasteiger partial charge in [0, 0.05) is 18.9 Å². The first-order valence-corrected chi connectivity index (χ1v) is 5.17. The van der Waals surface area contributed by atoms with Crippen LogP contribution in [0.4, 0.5) is 30.4 Å². The van der Waals surface area contributed by atoms with Gasteiger partial charge >= 0.3 is 13.6 Å². The fourth-order valence-corrected chi connectivity index (χ4v) is 1.14.